The van der Waals surface area contributed by atoms with Gasteiger partial charge in [0, 0.05) is 0 Å². The molecule has 0 saturated carbocycles. The molecule has 0 radical (unpaired) electrons. The summed E-state index contributed by atoms with van der Waals surface area (Å²) in [5.74, 6) is 0. The van der Waals surface area contributed by atoms with Gasteiger partial charge in [-0.3, -0.25) is 0 Å². The molecule has 176 valence electrons. The van der Waals surface area contributed by atoms with E-state index in [1.54, 1.807) is 0 Å². The fourth-order valence-corrected chi connectivity index (χ4v) is 7.27. The Hall–Kier alpha value is -1.87. The summed E-state index contributed by atoms with van der Waals surface area (Å²) in [6, 6.07) is 0. The van der Waals surface area contributed by atoms with E-state index in [-0.39, 0.29) is 17.9 Å². The van der Waals surface area contributed by atoms with E-state index in [1.807, 2.05) is 0 Å². The van der Waals surface area contributed by atoms with Gasteiger partial charge >= 0.3 is 189 Å². The Balaban J connectivity index is 0.000000301. The summed E-state index contributed by atoms with van der Waals surface area (Å²) in [5, 5.41) is 27.1. The number of aromatic amines is 6. The normalized spacial score (nSPS) is 10.2. The Morgan fingerprint density at radius 3 is 1.12 bits per heavy atom. The standard InChI is InChI=1S/2C10H14N4Se.ClH.H2O/c2*1-5-9(6(2)12-11-5)15-10-7(3)13-14-8(10)4;;/h2*1-4H3,(H,11,12)(H,13,14);1H;1H2. The minimum Gasteiger partial charge on any atom is -1.00 e. The summed E-state index contributed by atoms with van der Waals surface area (Å²) < 4.78 is 5.52. The van der Waals surface area contributed by atoms with Crippen LogP contribution in [0.5, 0.6) is 0 Å². The summed E-state index contributed by atoms with van der Waals surface area (Å²) in [4.78, 5) is 0. The molecule has 0 aliphatic rings. The average Bonchev–Trinajstić information content (AvgIpc) is 3.40. The number of aryl methyl sites for hydroxylation is 8. The maximum absolute atomic E-state index is 4.23. The Morgan fingerprint density at radius 2 is 0.906 bits per heavy atom. The van der Waals surface area contributed by atoms with Gasteiger partial charge < -0.3 is 17.9 Å². The van der Waals surface area contributed by atoms with Crippen LogP contribution in [0.2, 0.25) is 0 Å². The summed E-state index contributed by atoms with van der Waals surface area (Å²) in [6.45, 7) is 16.7. The van der Waals surface area contributed by atoms with Crippen molar-refractivity contribution in [3.05, 3.63) is 45.6 Å². The predicted molar refractivity (Wildman–Crippen MR) is 122 cm³/mol. The quantitative estimate of drug-likeness (QED) is 0.178. The molecule has 12 heteroatoms. The Morgan fingerprint density at radius 1 is 0.562 bits per heavy atom. The second-order valence-corrected chi connectivity index (χ2v) is 11.7. The van der Waals surface area contributed by atoms with E-state index in [0.717, 1.165) is 11.4 Å². The molecule has 0 bridgehead atoms. The van der Waals surface area contributed by atoms with Gasteiger partial charge in [0.05, 0.1) is 0 Å². The van der Waals surface area contributed by atoms with Gasteiger partial charge in [-0.2, -0.15) is 0 Å². The molecular formula is C20H31ClN8OSe2. The molecule has 0 aliphatic heterocycles. The monoisotopic (exact) mass is 594 g/mol. The van der Waals surface area contributed by atoms with Crippen LogP contribution >= 0.6 is 0 Å². The van der Waals surface area contributed by atoms with E-state index in [9.17, 15) is 0 Å². The van der Waals surface area contributed by atoms with Crippen molar-refractivity contribution in [1.82, 2.24) is 30.6 Å². The summed E-state index contributed by atoms with van der Waals surface area (Å²) in [7, 11) is 0. The zero-order valence-electron chi connectivity index (χ0n) is 19.5. The summed E-state index contributed by atoms with van der Waals surface area (Å²) in [6.07, 6.45) is 0. The fourth-order valence-electron chi connectivity index (χ4n) is 3.06. The minimum absolute atomic E-state index is 0. The van der Waals surface area contributed by atoms with Crippen molar-refractivity contribution < 1.29 is 28.1 Å². The van der Waals surface area contributed by atoms with E-state index in [1.165, 1.54) is 52.0 Å². The summed E-state index contributed by atoms with van der Waals surface area (Å²) >= 11 is 0.650. The van der Waals surface area contributed by atoms with Crippen molar-refractivity contribution in [2.24, 2.45) is 0 Å². The first kappa shape index (κ1) is 28.2. The topological polar surface area (TPSA) is 147 Å². The maximum Gasteiger partial charge on any atom is -0.870 e. The molecule has 4 aromatic heterocycles. The molecule has 0 unspecified atom stereocenters. The number of H-pyrrole nitrogens is 6. The zero-order chi connectivity index (χ0) is 22.0. The molecule has 0 aliphatic carbocycles. The van der Waals surface area contributed by atoms with Crippen LogP contribution in [0.25, 0.3) is 0 Å². The predicted octanol–water partition coefficient (Wildman–Crippen LogP) is -4.29. The zero-order valence-corrected chi connectivity index (χ0v) is 23.7. The Labute approximate surface area is 206 Å². The third kappa shape index (κ3) is 6.13. The van der Waals surface area contributed by atoms with Gasteiger partial charge in [0.2, 0.25) is 0 Å². The van der Waals surface area contributed by atoms with Crippen molar-refractivity contribution >= 4 is 47.8 Å². The van der Waals surface area contributed by atoms with E-state index in [2.05, 4.69) is 96.2 Å². The summed E-state index contributed by atoms with van der Waals surface area (Å²) in [5.41, 5.74) is 9.53. The second kappa shape index (κ2) is 11.8. The molecule has 0 atom stereocenters. The number of rotatable bonds is 4. The van der Waals surface area contributed by atoms with Crippen molar-refractivity contribution in [1.29, 1.82) is 0 Å². The molecule has 4 heterocycles. The molecule has 0 amide bonds. The van der Waals surface area contributed by atoms with Crippen LogP contribution in [0.15, 0.2) is 0 Å². The fraction of sp³-hybridized carbons (Fsp3) is 0.400. The molecule has 32 heavy (non-hydrogen) atoms. The number of hydrogen-bond donors (Lipinski definition) is 4. The van der Waals surface area contributed by atoms with Crippen LogP contribution in [0, 0.1) is 55.4 Å². The largest absolute Gasteiger partial charge is 1.00 e. The van der Waals surface area contributed by atoms with E-state index < -0.39 is 0 Å². The molecule has 4 rings (SSSR count). The molecule has 4 aromatic rings. The van der Waals surface area contributed by atoms with Crippen LogP contribution in [-0.2, 0) is 0 Å². The van der Waals surface area contributed by atoms with Crippen LogP contribution < -0.4 is 40.5 Å². The van der Waals surface area contributed by atoms with E-state index in [0.29, 0.717) is 29.9 Å². The second-order valence-electron chi connectivity index (χ2n) is 7.39. The maximum atomic E-state index is 4.23. The smallest absolute Gasteiger partial charge is 0.870 e. The van der Waals surface area contributed by atoms with Gasteiger partial charge in [0.25, 0.3) is 0 Å². The van der Waals surface area contributed by atoms with Crippen molar-refractivity contribution in [3.63, 3.8) is 0 Å². The molecule has 9 nitrogen and oxygen atoms in total. The van der Waals surface area contributed by atoms with Crippen LogP contribution in [0.1, 0.15) is 45.6 Å². The first-order valence-corrected chi connectivity index (χ1v) is 13.1. The van der Waals surface area contributed by atoms with Gasteiger partial charge in [-0.1, -0.05) is 0 Å². The van der Waals surface area contributed by atoms with Gasteiger partial charge in [0.15, 0.2) is 0 Å². The molecule has 0 fully saturated rings. The Kier molecular flexibility index (Phi) is 10.4. The molecule has 0 spiro atoms. The minimum atomic E-state index is 0. The number of nitrogens with one attached hydrogen (secondary N) is 6. The van der Waals surface area contributed by atoms with Crippen LogP contribution in [0.3, 0.4) is 0 Å². The Bertz CT molecular complexity index is 904. The molecule has 0 saturated heterocycles. The SMILES string of the molecule is Cc1n[nH]c(C)c1[Se]c1c(C)[nH][nH+]c1C.Cc1n[nH]c(C)c1[Se]c1c(C)[nH][nH+]c1C.[Cl-].[OH-]. The van der Waals surface area contributed by atoms with Gasteiger partial charge in [-0.25, -0.2) is 0 Å². The first-order valence-electron chi connectivity index (χ1n) is 9.71. The first-order chi connectivity index (χ1) is 14.2. The number of nitrogens with zero attached hydrogens (tertiary/aromatic N) is 2. The molecule has 7 N–H and O–H groups in total. The van der Waals surface area contributed by atoms with Gasteiger partial charge in [-0.05, 0) is 0 Å². The van der Waals surface area contributed by atoms with Crippen LogP contribution in [-0.4, -0.2) is 66.0 Å². The van der Waals surface area contributed by atoms with Crippen LogP contribution in [0.4, 0.5) is 0 Å². The third-order valence-electron chi connectivity index (χ3n) is 4.77. The molecule has 0 aromatic carbocycles. The van der Waals surface area contributed by atoms with Crippen molar-refractivity contribution in [2.45, 2.75) is 55.4 Å². The van der Waals surface area contributed by atoms with Gasteiger partial charge in [0.1, 0.15) is 0 Å². The van der Waals surface area contributed by atoms with E-state index >= 15 is 0 Å². The van der Waals surface area contributed by atoms with Crippen molar-refractivity contribution in [2.75, 3.05) is 0 Å². The number of hydrogen-bond acceptors (Lipinski definition) is 3. The van der Waals surface area contributed by atoms with E-state index in [4.69, 9.17) is 0 Å². The molecular weight excluding hydrogens is 562 g/mol. The third-order valence-corrected chi connectivity index (χ3v) is 11.6. The number of halogens is 1. The number of aromatic nitrogens is 8. The van der Waals surface area contributed by atoms with Gasteiger partial charge in [-0.15, -0.1) is 0 Å². The average molecular weight is 593 g/mol. The van der Waals surface area contributed by atoms with Crippen molar-refractivity contribution in [3.8, 4) is 0 Å².